The Labute approximate surface area is 141 Å². The molecule has 1 aliphatic heterocycles. The predicted octanol–water partition coefficient (Wildman–Crippen LogP) is 2.31. The molecule has 0 radical (unpaired) electrons. The lowest BCUT2D eigenvalue weighted by atomic mass is 10.1. The number of rotatable bonds is 4. The molecule has 2 aromatic heterocycles. The van der Waals surface area contributed by atoms with Crippen molar-refractivity contribution in [3.63, 3.8) is 0 Å². The molecule has 1 fully saturated rings. The van der Waals surface area contributed by atoms with Crippen LogP contribution in [0.2, 0.25) is 0 Å². The summed E-state index contributed by atoms with van der Waals surface area (Å²) in [4.78, 5) is 29.1. The molecule has 1 amide bonds. The van der Waals surface area contributed by atoms with Gasteiger partial charge >= 0.3 is 0 Å². The normalized spacial score (nSPS) is 17.4. The van der Waals surface area contributed by atoms with Crippen LogP contribution in [0.3, 0.4) is 0 Å². The van der Waals surface area contributed by atoms with Gasteiger partial charge in [-0.05, 0) is 31.1 Å². The Bertz CT molecular complexity index is 712. The zero-order chi connectivity index (χ0) is 16.9. The Hall–Kier alpha value is -2.76. The molecule has 6 nitrogen and oxygen atoms in total. The van der Waals surface area contributed by atoms with Gasteiger partial charge in [-0.2, -0.15) is 0 Å². The summed E-state index contributed by atoms with van der Waals surface area (Å²) >= 11 is 0. The Morgan fingerprint density at radius 3 is 2.71 bits per heavy atom. The summed E-state index contributed by atoms with van der Waals surface area (Å²) in [7, 11) is 3.78. The van der Waals surface area contributed by atoms with Gasteiger partial charge in [0.1, 0.15) is 0 Å². The summed E-state index contributed by atoms with van der Waals surface area (Å²) in [5, 5.41) is 0. The molecule has 1 atom stereocenters. The smallest absolute Gasteiger partial charge is 0.247 e. The second-order valence-electron chi connectivity index (χ2n) is 5.99. The van der Waals surface area contributed by atoms with Crippen LogP contribution in [0.15, 0.2) is 42.9 Å². The zero-order valence-electron chi connectivity index (χ0n) is 14.0. The molecule has 24 heavy (non-hydrogen) atoms. The van der Waals surface area contributed by atoms with Gasteiger partial charge in [-0.3, -0.25) is 9.78 Å². The van der Waals surface area contributed by atoms with Crippen molar-refractivity contribution in [1.82, 2.24) is 19.9 Å². The third kappa shape index (κ3) is 3.59. The minimum absolute atomic E-state index is 0.000149. The first-order valence-corrected chi connectivity index (χ1v) is 8.04. The van der Waals surface area contributed by atoms with Crippen LogP contribution in [-0.4, -0.2) is 46.4 Å². The molecule has 0 saturated carbocycles. The van der Waals surface area contributed by atoms with Crippen molar-refractivity contribution in [2.75, 3.05) is 25.5 Å². The fraction of sp³-hybridized carbons (Fsp3) is 0.333. The predicted molar refractivity (Wildman–Crippen MR) is 93.3 cm³/mol. The number of nitrogens with zero attached hydrogens (tertiary/aromatic N) is 5. The fourth-order valence-electron chi connectivity index (χ4n) is 2.82. The Morgan fingerprint density at radius 1 is 1.25 bits per heavy atom. The van der Waals surface area contributed by atoms with Gasteiger partial charge in [0.25, 0.3) is 0 Å². The molecule has 1 saturated heterocycles. The van der Waals surface area contributed by atoms with Crippen LogP contribution in [0.4, 0.5) is 5.95 Å². The average molecular weight is 323 g/mol. The lowest BCUT2D eigenvalue weighted by Crippen LogP contribution is -2.29. The number of hydrogen-bond donors (Lipinski definition) is 0. The molecule has 3 rings (SSSR count). The third-order valence-electron chi connectivity index (χ3n) is 4.04. The van der Waals surface area contributed by atoms with Crippen molar-refractivity contribution in [3.8, 4) is 0 Å². The monoisotopic (exact) mass is 323 g/mol. The van der Waals surface area contributed by atoms with Gasteiger partial charge in [-0.1, -0.05) is 6.07 Å². The van der Waals surface area contributed by atoms with Gasteiger partial charge in [0.2, 0.25) is 11.9 Å². The van der Waals surface area contributed by atoms with E-state index in [0.29, 0.717) is 5.95 Å². The number of anilines is 1. The molecule has 0 aromatic carbocycles. The zero-order valence-corrected chi connectivity index (χ0v) is 14.0. The Balaban J connectivity index is 1.69. The van der Waals surface area contributed by atoms with Crippen LogP contribution >= 0.6 is 0 Å². The number of hydrogen-bond acceptors (Lipinski definition) is 5. The highest BCUT2D eigenvalue weighted by atomic mass is 16.2. The van der Waals surface area contributed by atoms with Gasteiger partial charge in [0.15, 0.2) is 0 Å². The molecule has 124 valence electrons. The highest BCUT2D eigenvalue weighted by Gasteiger charge is 2.29. The molecule has 0 N–H and O–H groups in total. The minimum atomic E-state index is -0.000149. The standard InChI is InChI=1S/C18H21N5O/c1-22(2)18-20-12-14(13-21-18)8-9-17(24)23-11-5-7-16(23)15-6-3-4-10-19-15/h3-4,6,8-10,12-13,16H,5,7,11H2,1-2H3/b9-8+. The minimum Gasteiger partial charge on any atom is -0.347 e. The number of amides is 1. The van der Waals surface area contributed by atoms with E-state index in [2.05, 4.69) is 15.0 Å². The van der Waals surface area contributed by atoms with Crippen molar-refractivity contribution < 1.29 is 4.79 Å². The summed E-state index contributed by atoms with van der Waals surface area (Å²) in [5.74, 6) is 0.646. The molecular formula is C18H21N5O. The maximum atomic E-state index is 12.5. The number of aromatic nitrogens is 3. The van der Waals surface area contributed by atoms with Gasteiger partial charge in [0, 0.05) is 50.9 Å². The Kier molecular flexibility index (Phi) is 4.84. The molecule has 0 aliphatic carbocycles. The summed E-state index contributed by atoms with van der Waals surface area (Å²) < 4.78 is 0. The van der Waals surface area contributed by atoms with Crippen molar-refractivity contribution in [1.29, 1.82) is 0 Å². The van der Waals surface area contributed by atoms with Gasteiger partial charge < -0.3 is 9.80 Å². The van der Waals surface area contributed by atoms with Gasteiger partial charge in [0.05, 0.1) is 11.7 Å². The summed E-state index contributed by atoms with van der Waals surface area (Å²) in [6.45, 7) is 0.764. The van der Waals surface area contributed by atoms with Crippen molar-refractivity contribution >= 4 is 17.9 Å². The number of carbonyl (C=O) groups is 1. The van der Waals surface area contributed by atoms with E-state index in [4.69, 9.17) is 0 Å². The van der Waals surface area contributed by atoms with Crippen LogP contribution in [0.5, 0.6) is 0 Å². The number of carbonyl (C=O) groups excluding carboxylic acids is 1. The molecule has 0 bridgehead atoms. The van der Waals surface area contributed by atoms with Crippen LogP contribution in [-0.2, 0) is 4.79 Å². The van der Waals surface area contributed by atoms with E-state index in [1.165, 1.54) is 0 Å². The first-order chi connectivity index (χ1) is 11.6. The van der Waals surface area contributed by atoms with Crippen LogP contribution in [0, 0.1) is 0 Å². The van der Waals surface area contributed by atoms with Crippen molar-refractivity contribution in [2.45, 2.75) is 18.9 Å². The topological polar surface area (TPSA) is 62.2 Å². The molecule has 3 heterocycles. The van der Waals surface area contributed by atoms with E-state index in [1.807, 2.05) is 42.1 Å². The molecule has 1 unspecified atom stereocenters. The average Bonchev–Trinajstić information content (AvgIpc) is 3.10. The number of likely N-dealkylation sites (tertiary alicyclic amines) is 1. The fourth-order valence-corrected chi connectivity index (χ4v) is 2.82. The van der Waals surface area contributed by atoms with Crippen molar-refractivity contribution in [2.24, 2.45) is 0 Å². The van der Waals surface area contributed by atoms with Crippen LogP contribution in [0.1, 0.15) is 30.1 Å². The summed E-state index contributed by atoms with van der Waals surface area (Å²) in [5.41, 5.74) is 1.76. The summed E-state index contributed by atoms with van der Waals surface area (Å²) in [6, 6.07) is 5.90. The molecule has 0 spiro atoms. The maximum Gasteiger partial charge on any atom is 0.247 e. The highest BCUT2D eigenvalue weighted by molar-refractivity contribution is 5.92. The first kappa shape index (κ1) is 16.1. The SMILES string of the molecule is CN(C)c1ncc(/C=C/C(=O)N2CCCC2c2ccccn2)cn1. The largest absolute Gasteiger partial charge is 0.347 e. The van der Waals surface area contributed by atoms with Crippen LogP contribution in [0.25, 0.3) is 6.08 Å². The van der Waals surface area contributed by atoms with Crippen LogP contribution < -0.4 is 4.90 Å². The third-order valence-corrected chi connectivity index (χ3v) is 4.04. The Morgan fingerprint density at radius 2 is 2.04 bits per heavy atom. The van der Waals surface area contributed by atoms with Crippen molar-refractivity contribution in [3.05, 3.63) is 54.1 Å². The molecule has 2 aromatic rings. The van der Waals surface area contributed by atoms with Gasteiger partial charge in [-0.25, -0.2) is 9.97 Å². The summed E-state index contributed by atoms with van der Waals surface area (Å²) in [6.07, 6.45) is 10.5. The number of pyridine rings is 1. The maximum absolute atomic E-state index is 12.5. The van der Waals surface area contributed by atoms with E-state index in [9.17, 15) is 4.79 Å². The van der Waals surface area contributed by atoms with E-state index in [-0.39, 0.29) is 11.9 Å². The molecule has 1 aliphatic rings. The lowest BCUT2D eigenvalue weighted by molar-refractivity contribution is -0.126. The van der Waals surface area contributed by atoms with E-state index in [0.717, 1.165) is 30.6 Å². The quantitative estimate of drug-likeness (QED) is 0.808. The second-order valence-corrected chi connectivity index (χ2v) is 5.99. The van der Waals surface area contributed by atoms with E-state index < -0.39 is 0 Å². The molecular weight excluding hydrogens is 302 g/mol. The van der Waals surface area contributed by atoms with Gasteiger partial charge in [-0.15, -0.1) is 0 Å². The molecule has 6 heteroatoms. The first-order valence-electron chi connectivity index (χ1n) is 8.04. The van der Waals surface area contributed by atoms with E-state index >= 15 is 0 Å². The second kappa shape index (κ2) is 7.21. The lowest BCUT2D eigenvalue weighted by Gasteiger charge is -2.22. The highest BCUT2D eigenvalue weighted by Crippen LogP contribution is 2.30. The van der Waals surface area contributed by atoms with E-state index in [1.54, 1.807) is 30.7 Å².